The Morgan fingerprint density at radius 3 is 2.33 bits per heavy atom. The molecule has 0 bridgehead atoms. The lowest BCUT2D eigenvalue weighted by molar-refractivity contribution is -0.135. The van der Waals surface area contributed by atoms with Crippen molar-refractivity contribution in [3.63, 3.8) is 0 Å². The third kappa shape index (κ3) is 3.61. The van der Waals surface area contributed by atoms with Crippen LogP contribution in [0.15, 0.2) is 64.8 Å². The molecule has 0 radical (unpaired) electrons. The molecule has 0 aliphatic carbocycles. The lowest BCUT2D eigenvalue weighted by Gasteiger charge is -2.42. The monoisotopic (exact) mass is 424 g/mol. The molecule has 2 aliphatic rings. The molecule has 2 aliphatic heterocycles. The van der Waals surface area contributed by atoms with Gasteiger partial charge in [0, 0.05) is 32.4 Å². The van der Waals surface area contributed by atoms with Gasteiger partial charge < -0.3 is 10.0 Å². The maximum absolute atomic E-state index is 12.8. The van der Waals surface area contributed by atoms with E-state index in [2.05, 4.69) is 4.98 Å². The van der Waals surface area contributed by atoms with Crippen LogP contribution in [-0.4, -0.2) is 66.4 Å². The average Bonchev–Trinajstić information content (AvgIpc) is 2.70. The highest BCUT2D eigenvalue weighted by molar-refractivity contribution is 7.89. The predicted molar refractivity (Wildman–Crippen MR) is 108 cm³/mol. The van der Waals surface area contributed by atoms with Gasteiger partial charge in [0.1, 0.15) is 0 Å². The second-order valence-corrected chi connectivity index (χ2v) is 9.20. The predicted octanol–water partition coefficient (Wildman–Crippen LogP) is 0.872. The first-order chi connectivity index (χ1) is 14.4. The number of pyridine rings is 1. The molecule has 9 heteroatoms. The minimum atomic E-state index is -3.59. The largest absolute Gasteiger partial charge is 0.395 e. The maximum atomic E-state index is 12.8. The van der Waals surface area contributed by atoms with Crippen LogP contribution in [0.1, 0.15) is 17.0 Å². The van der Waals surface area contributed by atoms with Crippen LogP contribution < -0.4 is 0 Å². The summed E-state index contributed by atoms with van der Waals surface area (Å²) in [5.41, 5.74) is 3.25. The number of nitrogens with zero attached hydrogens (tertiary/aromatic N) is 4. The van der Waals surface area contributed by atoms with Crippen LogP contribution in [0.3, 0.4) is 0 Å². The first-order valence-corrected chi connectivity index (χ1v) is 10.9. The number of hydrogen-bond acceptors (Lipinski definition) is 6. The summed E-state index contributed by atoms with van der Waals surface area (Å²) in [6.45, 7) is 1.20. The van der Waals surface area contributed by atoms with E-state index in [9.17, 15) is 18.3 Å². The van der Waals surface area contributed by atoms with Crippen molar-refractivity contribution < 1.29 is 18.3 Å². The van der Waals surface area contributed by atoms with Gasteiger partial charge in [-0.05, 0) is 41.0 Å². The minimum Gasteiger partial charge on any atom is -0.395 e. The highest BCUT2D eigenvalue weighted by Gasteiger charge is 2.39. The summed E-state index contributed by atoms with van der Waals surface area (Å²) in [4.78, 5) is 18.3. The molecule has 1 amide bonds. The molecule has 1 atom stereocenters. The number of aromatic nitrogens is 1. The van der Waals surface area contributed by atoms with Crippen molar-refractivity contribution >= 4 is 15.9 Å². The zero-order chi connectivity index (χ0) is 21.3. The molecular weight excluding hydrogens is 404 g/mol. The SMILES string of the molecule is N#Cc1ccc(C(CO)C(=O)N2CC(=C3CN(S(=O)(=O)c4ccccn4)C3)C2)cc1. The summed E-state index contributed by atoms with van der Waals surface area (Å²) in [6.07, 6.45) is 1.45. The molecule has 2 saturated heterocycles. The fraction of sp³-hybridized carbons (Fsp3) is 0.286. The Morgan fingerprint density at radius 2 is 1.77 bits per heavy atom. The second kappa shape index (κ2) is 7.99. The number of rotatable bonds is 5. The molecule has 1 aromatic carbocycles. The molecule has 0 saturated carbocycles. The number of sulfonamides is 1. The van der Waals surface area contributed by atoms with E-state index in [1.165, 1.54) is 16.6 Å². The molecule has 1 N–H and O–H groups in total. The van der Waals surface area contributed by atoms with Gasteiger partial charge in [0.2, 0.25) is 5.91 Å². The number of aliphatic hydroxyl groups excluding tert-OH is 1. The van der Waals surface area contributed by atoms with Crippen LogP contribution in [0.25, 0.3) is 0 Å². The normalized spacial score (nSPS) is 17.7. The van der Waals surface area contributed by atoms with Crippen molar-refractivity contribution in [3.05, 3.63) is 70.9 Å². The van der Waals surface area contributed by atoms with Crippen molar-refractivity contribution in [2.75, 3.05) is 32.8 Å². The van der Waals surface area contributed by atoms with Gasteiger partial charge in [-0.3, -0.25) is 4.79 Å². The topological polar surface area (TPSA) is 115 Å². The number of aliphatic hydroxyl groups is 1. The number of likely N-dealkylation sites (tertiary alicyclic amines) is 1. The summed E-state index contributed by atoms with van der Waals surface area (Å²) in [7, 11) is -3.59. The van der Waals surface area contributed by atoms with Gasteiger partial charge in [0.05, 0.1) is 24.2 Å². The summed E-state index contributed by atoms with van der Waals surface area (Å²) in [6, 6.07) is 13.4. The summed E-state index contributed by atoms with van der Waals surface area (Å²) < 4.78 is 26.4. The van der Waals surface area contributed by atoms with E-state index in [4.69, 9.17) is 5.26 Å². The van der Waals surface area contributed by atoms with Crippen LogP contribution in [0.4, 0.5) is 0 Å². The molecular formula is C21H20N4O4S. The van der Waals surface area contributed by atoms with Crippen LogP contribution in [0.2, 0.25) is 0 Å². The Kier molecular flexibility index (Phi) is 5.39. The van der Waals surface area contributed by atoms with E-state index >= 15 is 0 Å². The fourth-order valence-electron chi connectivity index (χ4n) is 3.54. The minimum absolute atomic E-state index is 0.0349. The van der Waals surface area contributed by atoms with E-state index in [-0.39, 0.29) is 17.5 Å². The van der Waals surface area contributed by atoms with Gasteiger partial charge in [0.15, 0.2) is 5.03 Å². The smallest absolute Gasteiger partial charge is 0.261 e. The number of hydrogen-bond donors (Lipinski definition) is 1. The molecule has 8 nitrogen and oxygen atoms in total. The summed E-state index contributed by atoms with van der Waals surface area (Å²) in [5.74, 6) is -0.851. The Bertz CT molecular complexity index is 1120. The van der Waals surface area contributed by atoms with Gasteiger partial charge in [-0.1, -0.05) is 18.2 Å². The quantitative estimate of drug-likeness (QED) is 0.713. The zero-order valence-electron chi connectivity index (χ0n) is 16.1. The number of benzene rings is 1. The third-order valence-corrected chi connectivity index (χ3v) is 7.18. The van der Waals surface area contributed by atoms with E-state index in [0.717, 1.165) is 11.1 Å². The molecule has 2 fully saturated rings. The van der Waals surface area contributed by atoms with Crippen molar-refractivity contribution in [3.8, 4) is 6.07 Å². The Morgan fingerprint density at radius 1 is 1.10 bits per heavy atom. The van der Waals surface area contributed by atoms with Gasteiger partial charge in [-0.2, -0.15) is 9.57 Å². The molecule has 2 aromatic rings. The molecule has 30 heavy (non-hydrogen) atoms. The van der Waals surface area contributed by atoms with Gasteiger partial charge in [0.25, 0.3) is 10.0 Å². The molecule has 154 valence electrons. The fourth-order valence-corrected chi connectivity index (χ4v) is 4.90. The molecule has 3 heterocycles. The Labute approximate surface area is 174 Å². The van der Waals surface area contributed by atoms with E-state index in [1.807, 2.05) is 6.07 Å². The number of amides is 1. The van der Waals surface area contributed by atoms with E-state index < -0.39 is 15.9 Å². The van der Waals surface area contributed by atoms with Gasteiger partial charge in [-0.25, -0.2) is 13.4 Å². The molecule has 1 aromatic heterocycles. The maximum Gasteiger partial charge on any atom is 0.261 e. The third-order valence-electron chi connectivity index (χ3n) is 5.47. The summed E-state index contributed by atoms with van der Waals surface area (Å²) >= 11 is 0. The number of carbonyl (C=O) groups excluding carboxylic acids is 1. The number of nitriles is 1. The van der Waals surface area contributed by atoms with E-state index in [0.29, 0.717) is 37.3 Å². The van der Waals surface area contributed by atoms with Crippen LogP contribution >= 0.6 is 0 Å². The Balaban J connectivity index is 1.37. The van der Waals surface area contributed by atoms with Crippen molar-refractivity contribution in [2.24, 2.45) is 0 Å². The standard InChI is InChI=1S/C21H20N4O4S/c22-9-15-4-6-16(7-5-15)19(14-26)21(27)24-10-17(11-24)18-12-25(13-18)30(28,29)20-3-1-2-8-23-20/h1-8,19,26H,10-14H2. The van der Waals surface area contributed by atoms with E-state index in [1.54, 1.807) is 41.3 Å². The van der Waals surface area contributed by atoms with Gasteiger partial charge >= 0.3 is 0 Å². The highest BCUT2D eigenvalue weighted by atomic mass is 32.2. The van der Waals surface area contributed by atoms with Crippen molar-refractivity contribution in [2.45, 2.75) is 10.9 Å². The highest BCUT2D eigenvalue weighted by Crippen LogP contribution is 2.31. The second-order valence-electron chi connectivity index (χ2n) is 7.31. The first kappa shape index (κ1) is 20.2. The number of carbonyl (C=O) groups is 1. The van der Waals surface area contributed by atoms with Gasteiger partial charge in [-0.15, -0.1) is 0 Å². The lowest BCUT2D eigenvalue weighted by Crippen LogP contribution is -2.52. The molecule has 0 spiro atoms. The van der Waals surface area contributed by atoms with Crippen LogP contribution in [-0.2, 0) is 14.8 Å². The van der Waals surface area contributed by atoms with Crippen molar-refractivity contribution in [1.29, 1.82) is 5.26 Å². The zero-order valence-corrected chi connectivity index (χ0v) is 16.9. The van der Waals surface area contributed by atoms with Crippen molar-refractivity contribution in [1.82, 2.24) is 14.2 Å². The lowest BCUT2D eigenvalue weighted by atomic mass is 9.92. The molecule has 4 rings (SSSR count). The average molecular weight is 424 g/mol. The molecule has 1 unspecified atom stereocenters. The van der Waals surface area contributed by atoms with Crippen LogP contribution in [0, 0.1) is 11.3 Å². The summed E-state index contributed by atoms with van der Waals surface area (Å²) in [5, 5.41) is 18.6. The van der Waals surface area contributed by atoms with Crippen LogP contribution in [0.5, 0.6) is 0 Å². The first-order valence-electron chi connectivity index (χ1n) is 9.44. The Hall–Kier alpha value is -3.06.